The number of amides is 2. The Balaban J connectivity index is 1.54. The van der Waals surface area contributed by atoms with E-state index in [0.717, 1.165) is 59.6 Å². The zero-order valence-corrected chi connectivity index (χ0v) is 24.9. The van der Waals surface area contributed by atoms with Gasteiger partial charge in [0.25, 0.3) is 0 Å². The third-order valence-electron chi connectivity index (χ3n) is 7.76. The van der Waals surface area contributed by atoms with Crippen LogP contribution in [0.2, 0.25) is 5.02 Å². The van der Waals surface area contributed by atoms with E-state index < -0.39 is 0 Å². The molecule has 6 nitrogen and oxygen atoms in total. The van der Waals surface area contributed by atoms with E-state index in [2.05, 4.69) is 23.8 Å². The number of piperidine rings is 1. The Morgan fingerprint density at radius 1 is 1.05 bits per heavy atom. The Hall–Kier alpha value is -3.07. The predicted octanol–water partition coefficient (Wildman–Crippen LogP) is 6.99. The largest absolute Gasteiger partial charge is 0.341 e. The average Bonchev–Trinajstić information content (AvgIpc) is 3.60. The molecule has 40 heavy (non-hydrogen) atoms. The zero-order chi connectivity index (χ0) is 27.8. The lowest BCUT2D eigenvalue weighted by molar-refractivity contribution is -0.132. The number of thioether (sulfide) groups is 1. The molecule has 1 atom stereocenters. The Morgan fingerprint density at radius 3 is 2.45 bits per heavy atom. The summed E-state index contributed by atoms with van der Waals surface area (Å²) >= 11 is 9.48. The van der Waals surface area contributed by atoms with Gasteiger partial charge in [-0.2, -0.15) is 16.4 Å². The molecule has 0 bridgehead atoms. The van der Waals surface area contributed by atoms with Gasteiger partial charge in [0.15, 0.2) is 0 Å². The van der Waals surface area contributed by atoms with Crippen LogP contribution >= 0.6 is 34.7 Å². The molecule has 2 amide bonds. The molecule has 0 spiro atoms. The second-order valence-electron chi connectivity index (χ2n) is 10.6. The molecule has 1 unspecified atom stereocenters. The topological polar surface area (TPSA) is 58.4 Å². The van der Waals surface area contributed by atoms with E-state index >= 15 is 0 Å². The number of carbonyl (C=O) groups excluding carboxylic acids is 2. The minimum atomic E-state index is -0.119. The summed E-state index contributed by atoms with van der Waals surface area (Å²) in [5, 5.41) is 9.88. The summed E-state index contributed by atoms with van der Waals surface area (Å²) in [5.41, 5.74) is 5.75. The number of nitrogens with zero attached hydrogens (tertiary/aromatic N) is 4. The summed E-state index contributed by atoms with van der Waals surface area (Å²) in [5.74, 6) is 1.45. The Morgan fingerprint density at radius 2 is 1.77 bits per heavy atom. The van der Waals surface area contributed by atoms with E-state index in [0.29, 0.717) is 16.8 Å². The van der Waals surface area contributed by atoms with Crippen molar-refractivity contribution in [3.63, 3.8) is 0 Å². The van der Waals surface area contributed by atoms with Crippen molar-refractivity contribution in [1.82, 2.24) is 14.7 Å². The van der Waals surface area contributed by atoms with Crippen LogP contribution in [0.1, 0.15) is 41.7 Å². The van der Waals surface area contributed by atoms with E-state index in [-0.39, 0.29) is 29.4 Å². The molecule has 0 saturated carbocycles. The van der Waals surface area contributed by atoms with Gasteiger partial charge in [0, 0.05) is 29.2 Å². The van der Waals surface area contributed by atoms with Gasteiger partial charge in [-0.1, -0.05) is 48.4 Å². The van der Waals surface area contributed by atoms with Gasteiger partial charge in [0.05, 0.1) is 22.4 Å². The number of carbonyl (C=O) groups is 2. The van der Waals surface area contributed by atoms with E-state index in [4.69, 9.17) is 16.7 Å². The number of benzene rings is 2. The summed E-state index contributed by atoms with van der Waals surface area (Å²) in [4.78, 5) is 31.1. The second kappa shape index (κ2) is 11.4. The van der Waals surface area contributed by atoms with Crippen LogP contribution < -0.4 is 4.90 Å². The molecule has 2 aromatic carbocycles. The predicted molar refractivity (Wildman–Crippen MR) is 165 cm³/mol. The maximum absolute atomic E-state index is 13.9. The minimum Gasteiger partial charge on any atom is -0.341 e. The van der Waals surface area contributed by atoms with Crippen molar-refractivity contribution in [2.24, 2.45) is 5.92 Å². The molecule has 1 saturated heterocycles. The van der Waals surface area contributed by atoms with Gasteiger partial charge in [-0.15, -0.1) is 11.8 Å². The molecule has 2 aliphatic rings. The number of halogens is 1. The normalized spacial score (nSPS) is 18.1. The Kier molecular flexibility index (Phi) is 7.75. The standard InChI is InChI=1S/C31H31ClN4O2S2/c1-20-3-9-25(10-4-20)36-31-28(29(33-36)22-5-7-24(32)8-6-22)30(23-13-16-39-18-23)40-19-27(38)35(31)17-26(37)34-14-11-21(2)12-15-34/h3-10,13,16,18,21,30H,11-12,14-15,17,19H2,1-2H3. The van der Waals surface area contributed by atoms with Crippen LogP contribution in [0.3, 0.4) is 0 Å². The molecule has 6 rings (SSSR count). The number of rotatable bonds is 5. The van der Waals surface area contributed by atoms with Crippen LogP contribution in [0.25, 0.3) is 16.9 Å². The number of hydrogen-bond donors (Lipinski definition) is 0. The van der Waals surface area contributed by atoms with Gasteiger partial charge < -0.3 is 4.90 Å². The lowest BCUT2D eigenvalue weighted by Crippen LogP contribution is -2.46. The number of aryl methyl sites for hydroxylation is 1. The maximum Gasteiger partial charge on any atom is 0.242 e. The first-order valence-electron chi connectivity index (χ1n) is 13.6. The fourth-order valence-corrected chi connectivity index (χ4v) is 7.47. The first-order chi connectivity index (χ1) is 19.4. The van der Waals surface area contributed by atoms with Crippen molar-refractivity contribution in [3.05, 3.63) is 87.1 Å². The molecule has 1 fully saturated rings. The molecule has 206 valence electrons. The molecule has 2 aromatic heterocycles. The fourth-order valence-electron chi connectivity index (χ4n) is 5.39. The monoisotopic (exact) mass is 590 g/mol. The Labute approximate surface area is 247 Å². The number of aromatic nitrogens is 2. The van der Waals surface area contributed by atoms with Gasteiger partial charge in [-0.25, -0.2) is 4.68 Å². The smallest absolute Gasteiger partial charge is 0.242 e. The molecule has 9 heteroatoms. The third kappa shape index (κ3) is 5.32. The zero-order valence-electron chi connectivity index (χ0n) is 22.5. The first kappa shape index (κ1) is 27.1. The van der Waals surface area contributed by atoms with Crippen LogP contribution in [0.5, 0.6) is 0 Å². The molecule has 4 heterocycles. The minimum absolute atomic E-state index is 0.00521. The van der Waals surface area contributed by atoms with Crippen molar-refractivity contribution < 1.29 is 9.59 Å². The van der Waals surface area contributed by atoms with Gasteiger partial charge in [-0.05, 0) is 72.3 Å². The lowest BCUT2D eigenvalue weighted by Gasteiger charge is -2.32. The van der Waals surface area contributed by atoms with Gasteiger partial charge >= 0.3 is 0 Å². The summed E-state index contributed by atoms with van der Waals surface area (Å²) < 4.78 is 1.85. The van der Waals surface area contributed by atoms with E-state index in [9.17, 15) is 9.59 Å². The number of anilines is 1. The van der Waals surface area contributed by atoms with Crippen molar-refractivity contribution in [1.29, 1.82) is 0 Å². The highest BCUT2D eigenvalue weighted by Gasteiger charge is 2.38. The van der Waals surface area contributed by atoms with Gasteiger partial charge in [0.1, 0.15) is 12.4 Å². The first-order valence-corrected chi connectivity index (χ1v) is 15.9. The Bertz CT molecular complexity index is 1510. The van der Waals surface area contributed by atoms with Crippen LogP contribution in [0, 0.1) is 12.8 Å². The van der Waals surface area contributed by atoms with Crippen LogP contribution in [0.4, 0.5) is 5.82 Å². The van der Waals surface area contributed by atoms with E-state index in [1.807, 2.05) is 65.0 Å². The number of likely N-dealkylation sites (tertiary alicyclic amines) is 1. The number of hydrogen-bond acceptors (Lipinski definition) is 5. The van der Waals surface area contributed by atoms with Gasteiger partial charge in [0.2, 0.25) is 11.8 Å². The quantitative estimate of drug-likeness (QED) is 0.251. The number of fused-ring (bicyclic) bond motifs is 1. The highest BCUT2D eigenvalue weighted by molar-refractivity contribution is 8.00. The summed E-state index contributed by atoms with van der Waals surface area (Å²) in [6.45, 7) is 5.73. The maximum atomic E-state index is 13.9. The summed E-state index contributed by atoms with van der Waals surface area (Å²) in [6, 6.07) is 17.9. The molecular weight excluding hydrogens is 560 g/mol. The third-order valence-corrected chi connectivity index (χ3v) is 9.97. The SMILES string of the molecule is Cc1ccc(-n2nc(-c3ccc(Cl)cc3)c3c2N(CC(=O)N2CCC(C)CC2)C(=O)CSC3c2ccsc2)cc1. The molecule has 0 N–H and O–H groups in total. The second-order valence-corrected chi connectivity index (χ2v) is 12.9. The van der Waals surface area contributed by atoms with Crippen molar-refractivity contribution >= 4 is 52.3 Å². The molecular formula is C31H31ClN4O2S2. The molecule has 0 radical (unpaired) electrons. The fraction of sp³-hybridized carbons (Fsp3) is 0.323. The molecule has 0 aliphatic carbocycles. The molecule has 2 aliphatic heterocycles. The van der Waals surface area contributed by atoms with Crippen LogP contribution in [-0.2, 0) is 9.59 Å². The lowest BCUT2D eigenvalue weighted by atomic mass is 9.99. The van der Waals surface area contributed by atoms with E-state index in [1.54, 1.807) is 28.0 Å². The average molecular weight is 591 g/mol. The molecule has 4 aromatic rings. The number of thiophene rings is 1. The van der Waals surface area contributed by atoms with Gasteiger partial charge in [-0.3, -0.25) is 14.5 Å². The van der Waals surface area contributed by atoms with Crippen LogP contribution in [0.15, 0.2) is 65.4 Å². The van der Waals surface area contributed by atoms with Crippen LogP contribution in [-0.4, -0.2) is 51.9 Å². The van der Waals surface area contributed by atoms with Crippen molar-refractivity contribution in [3.8, 4) is 16.9 Å². The highest BCUT2D eigenvalue weighted by Crippen LogP contribution is 2.49. The summed E-state index contributed by atoms with van der Waals surface area (Å²) in [6.07, 6.45) is 1.98. The van der Waals surface area contributed by atoms with Crippen molar-refractivity contribution in [2.75, 3.05) is 30.3 Å². The summed E-state index contributed by atoms with van der Waals surface area (Å²) in [7, 11) is 0. The van der Waals surface area contributed by atoms with Crippen molar-refractivity contribution in [2.45, 2.75) is 31.9 Å². The van der Waals surface area contributed by atoms with E-state index in [1.165, 1.54) is 0 Å². The highest BCUT2D eigenvalue weighted by atomic mass is 35.5.